The third-order valence-electron chi connectivity index (χ3n) is 5.81. The second-order valence-corrected chi connectivity index (χ2v) is 10.6. The van der Waals surface area contributed by atoms with Crippen LogP contribution in [0.3, 0.4) is 0 Å². The molecule has 3 rings (SSSR count). The SMILES string of the molecule is C=N[C@@H](C(=O)N[C@@H]1C(=O)N2[C@@H]1SC(C)(C)[C@@H]2C(=O)O)c1ccccc1.NCCCCC(N)C(=O)O. The third-order valence-corrected chi connectivity index (χ3v) is 7.38. The first-order valence-electron chi connectivity index (χ1n) is 11.2. The van der Waals surface area contributed by atoms with Crippen LogP contribution in [-0.4, -0.2) is 80.4 Å². The summed E-state index contributed by atoms with van der Waals surface area (Å²) < 4.78 is -0.624. The molecule has 0 radical (unpaired) electrons. The standard InChI is InChI=1S/C17H19N3O4S.C6H14N2O2/c1-17(2)12(16(23)24)20-14(22)11(15(20)25-17)19-13(21)10(18-3)9-7-5-4-6-8-9;7-4-2-1-3-5(8)6(9)10/h4-8,10-12,15H,3H2,1-2H3,(H,19,21)(H,23,24);5H,1-4,7-8H2,(H,9,10)/t10-,11-,12+,15-;/m1./s1. The molecule has 11 nitrogen and oxygen atoms in total. The summed E-state index contributed by atoms with van der Waals surface area (Å²) in [6.45, 7) is 7.65. The van der Waals surface area contributed by atoms with Gasteiger partial charge < -0.3 is 31.9 Å². The van der Waals surface area contributed by atoms with Crippen molar-refractivity contribution in [3.05, 3.63) is 35.9 Å². The van der Waals surface area contributed by atoms with Gasteiger partial charge in [0.05, 0.1) is 0 Å². The first-order valence-corrected chi connectivity index (χ1v) is 12.1. The number of carboxylic acid groups (broad SMARTS) is 2. The molecule has 0 spiro atoms. The number of nitrogens with one attached hydrogen (secondary N) is 1. The van der Waals surface area contributed by atoms with Gasteiger partial charge >= 0.3 is 11.9 Å². The lowest BCUT2D eigenvalue weighted by molar-refractivity contribution is -0.161. The minimum absolute atomic E-state index is 0.375. The second kappa shape index (κ2) is 12.1. The van der Waals surface area contributed by atoms with Crippen LogP contribution in [0.5, 0.6) is 0 Å². The van der Waals surface area contributed by atoms with Crippen molar-refractivity contribution in [2.45, 2.75) is 67.4 Å². The van der Waals surface area contributed by atoms with Crippen molar-refractivity contribution >= 4 is 42.2 Å². The molecule has 12 heteroatoms. The third kappa shape index (κ3) is 6.59. The fourth-order valence-corrected chi connectivity index (χ4v) is 5.61. The van der Waals surface area contributed by atoms with E-state index in [9.17, 15) is 24.3 Å². The number of aliphatic imine (C=N–C) groups is 1. The first-order chi connectivity index (χ1) is 16.5. The highest BCUT2D eigenvalue weighted by Crippen LogP contribution is 2.50. The van der Waals surface area contributed by atoms with Crippen molar-refractivity contribution < 1.29 is 29.4 Å². The number of aliphatic carboxylic acids is 2. The fourth-order valence-electron chi connectivity index (χ4n) is 3.98. The maximum atomic E-state index is 12.5. The van der Waals surface area contributed by atoms with E-state index in [1.807, 2.05) is 6.07 Å². The van der Waals surface area contributed by atoms with E-state index >= 15 is 0 Å². The molecule has 2 amide bonds. The van der Waals surface area contributed by atoms with Gasteiger partial charge in [-0.1, -0.05) is 36.8 Å². The summed E-state index contributed by atoms with van der Waals surface area (Å²) in [6, 6.07) is 5.79. The van der Waals surface area contributed by atoms with Crippen LogP contribution in [0.15, 0.2) is 35.3 Å². The molecule has 7 N–H and O–H groups in total. The van der Waals surface area contributed by atoms with Gasteiger partial charge in [0.15, 0.2) is 6.04 Å². The van der Waals surface area contributed by atoms with E-state index < -0.39 is 46.8 Å². The van der Waals surface area contributed by atoms with Crippen LogP contribution in [0.25, 0.3) is 0 Å². The Morgan fingerprint density at radius 1 is 1.23 bits per heavy atom. The van der Waals surface area contributed by atoms with Gasteiger partial charge in [-0.15, -0.1) is 11.8 Å². The number of nitrogens with two attached hydrogens (primary N) is 2. The van der Waals surface area contributed by atoms with Crippen LogP contribution in [0.4, 0.5) is 0 Å². The highest BCUT2D eigenvalue weighted by molar-refractivity contribution is 8.01. The number of carbonyl (C=O) groups is 4. The fraction of sp³-hybridized carbons (Fsp3) is 0.522. The Hall–Kier alpha value is -2.96. The van der Waals surface area contributed by atoms with E-state index in [-0.39, 0.29) is 11.3 Å². The van der Waals surface area contributed by atoms with Gasteiger partial charge in [-0.3, -0.25) is 19.4 Å². The summed E-state index contributed by atoms with van der Waals surface area (Å²) >= 11 is 1.39. The summed E-state index contributed by atoms with van der Waals surface area (Å²) in [5.74, 6) is -2.76. The van der Waals surface area contributed by atoms with Gasteiger partial charge in [0.1, 0.15) is 23.5 Å². The Morgan fingerprint density at radius 3 is 2.37 bits per heavy atom. The van der Waals surface area contributed by atoms with E-state index in [1.165, 1.54) is 16.7 Å². The zero-order valence-corrected chi connectivity index (χ0v) is 20.6. The first kappa shape index (κ1) is 28.3. The Balaban J connectivity index is 0.000000367. The summed E-state index contributed by atoms with van der Waals surface area (Å²) in [5.41, 5.74) is 11.1. The van der Waals surface area contributed by atoms with Crippen LogP contribution in [-0.2, 0) is 19.2 Å². The van der Waals surface area contributed by atoms with Crippen molar-refractivity contribution in [2.24, 2.45) is 16.5 Å². The van der Waals surface area contributed by atoms with Crippen molar-refractivity contribution in [1.82, 2.24) is 10.2 Å². The Kier molecular flexibility index (Phi) is 9.81. The molecule has 1 aromatic carbocycles. The number of thioether (sulfide) groups is 1. The van der Waals surface area contributed by atoms with Gasteiger partial charge in [-0.2, -0.15) is 0 Å². The normalized spacial score (nSPS) is 23.6. The zero-order valence-electron chi connectivity index (χ0n) is 19.8. The van der Waals surface area contributed by atoms with Crippen LogP contribution in [0.2, 0.25) is 0 Å². The number of carboxylic acids is 2. The molecule has 2 aliphatic rings. The minimum atomic E-state index is -1.03. The van der Waals surface area contributed by atoms with Crippen LogP contribution in [0.1, 0.15) is 44.7 Å². The molecule has 2 heterocycles. The average molecular weight is 508 g/mol. The number of hydrogen-bond donors (Lipinski definition) is 5. The molecule has 35 heavy (non-hydrogen) atoms. The summed E-state index contributed by atoms with van der Waals surface area (Å²) in [7, 11) is 0. The molecule has 0 bridgehead atoms. The van der Waals surface area contributed by atoms with E-state index in [2.05, 4.69) is 17.0 Å². The topological polar surface area (TPSA) is 188 Å². The van der Waals surface area contributed by atoms with E-state index in [4.69, 9.17) is 16.6 Å². The largest absolute Gasteiger partial charge is 0.480 e. The smallest absolute Gasteiger partial charge is 0.327 e. The zero-order chi connectivity index (χ0) is 26.3. The van der Waals surface area contributed by atoms with E-state index in [0.29, 0.717) is 18.5 Å². The number of hydrogen-bond acceptors (Lipinski definition) is 8. The summed E-state index contributed by atoms with van der Waals surface area (Å²) in [6.07, 6.45) is 2.16. The molecule has 192 valence electrons. The average Bonchev–Trinajstić information content (AvgIpc) is 3.07. The van der Waals surface area contributed by atoms with E-state index in [1.54, 1.807) is 38.1 Å². The van der Waals surface area contributed by atoms with E-state index in [0.717, 1.165) is 12.8 Å². The molecule has 0 aliphatic carbocycles. The number of unbranched alkanes of at least 4 members (excludes halogenated alkanes) is 1. The van der Waals surface area contributed by atoms with Gasteiger partial charge in [-0.25, -0.2) is 4.79 Å². The van der Waals surface area contributed by atoms with Gasteiger partial charge in [0.2, 0.25) is 11.8 Å². The molecule has 0 saturated carbocycles. The number of benzene rings is 1. The number of amides is 2. The molecule has 1 aromatic rings. The lowest BCUT2D eigenvalue weighted by atomic mass is 9.95. The Bertz CT molecular complexity index is 944. The van der Waals surface area contributed by atoms with Gasteiger partial charge in [0, 0.05) is 4.75 Å². The Labute approximate surface area is 208 Å². The van der Waals surface area contributed by atoms with Gasteiger partial charge in [-0.05, 0) is 45.5 Å². The number of nitrogens with zero attached hydrogens (tertiary/aromatic N) is 2. The number of rotatable bonds is 10. The maximum absolute atomic E-state index is 12.5. The van der Waals surface area contributed by atoms with Crippen LogP contribution < -0.4 is 16.8 Å². The van der Waals surface area contributed by atoms with Crippen LogP contribution >= 0.6 is 11.8 Å². The maximum Gasteiger partial charge on any atom is 0.327 e. The minimum Gasteiger partial charge on any atom is -0.480 e. The molecule has 0 aromatic heterocycles. The molecule has 1 unspecified atom stereocenters. The van der Waals surface area contributed by atoms with Crippen molar-refractivity contribution in [1.29, 1.82) is 0 Å². The molecular formula is C23H33N5O6S. The Morgan fingerprint density at radius 2 is 1.86 bits per heavy atom. The molecule has 2 saturated heterocycles. The van der Waals surface area contributed by atoms with Crippen molar-refractivity contribution in [3.8, 4) is 0 Å². The monoisotopic (exact) mass is 507 g/mol. The van der Waals surface area contributed by atoms with Gasteiger partial charge in [0.25, 0.3) is 0 Å². The van der Waals surface area contributed by atoms with Crippen molar-refractivity contribution in [3.63, 3.8) is 0 Å². The lowest BCUT2D eigenvalue weighted by Gasteiger charge is -2.43. The molecular weight excluding hydrogens is 474 g/mol. The second-order valence-electron chi connectivity index (χ2n) is 8.81. The summed E-state index contributed by atoms with van der Waals surface area (Å²) in [4.78, 5) is 51.8. The number of β-lactam (4-membered cyclic amide) rings is 1. The predicted octanol–water partition coefficient (Wildman–Crippen LogP) is 0.587. The highest BCUT2D eigenvalue weighted by Gasteiger charge is 2.64. The van der Waals surface area contributed by atoms with Crippen LogP contribution in [0, 0.1) is 0 Å². The quantitative estimate of drug-likeness (QED) is 0.171. The predicted molar refractivity (Wildman–Crippen MR) is 133 cm³/mol. The highest BCUT2D eigenvalue weighted by atomic mass is 32.2. The molecule has 5 atom stereocenters. The summed E-state index contributed by atoms with van der Waals surface area (Å²) in [5, 5.41) is 20.1. The van der Waals surface area contributed by atoms with Crippen molar-refractivity contribution in [2.75, 3.05) is 6.54 Å². The lowest BCUT2D eigenvalue weighted by Crippen LogP contribution is -2.70. The molecule has 2 fully saturated rings. The number of fused-ring (bicyclic) bond motifs is 1. The number of carbonyl (C=O) groups excluding carboxylic acids is 2. The molecule has 2 aliphatic heterocycles.